The first-order valence-electron chi connectivity index (χ1n) is 9.78. The van der Waals surface area contributed by atoms with Crippen molar-refractivity contribution in [3.63, 3.8) is 0 Å². The van der Waals surface area contributed by atoms with E-state index in [9.17, 15) is 25.0 Å². The topological polar surface area (TPSA) is 116 Å². The van der Waals surface area contributed by atoms with Crippen molar-refractivity contribution in [2.45, 2.75) is 6.92 Å². The number of benzene rings is 3. The van der Waals surface area contributed by atoms with E-state index in [1.54, 1.807) is 30.3 Å². The number of ether oxygens (including phenoxy) is 1. The fraction of sp³-hybridized carbons (Fsp3) is 0.0435. The Labute approximate surface area is 202 Å². The summed E-state index contributed by atoms with van der Waals surface area (Å²) in [5, 5.41) is 22.3. The fourth-order valence-corrected chi connectivity index (χ4v) is 4.48. The van der Waals surface area contributed by atoms with Crippen molar-refractivity contribution in [1.82, 2.24) is 0 Å². The molecule has 3 aromatic carbocycles. The number of nitro groups is 2. The lowest BCUT2D eigenvalue weighted by Gasteiger charge is -2.14. The number of amides is 1. The van der Waals surface area contributed by atoms with Gasteiger partial charge in [0.25, 0.3) is 11.6 Å². The second kappa shape index (κ2) is 9.41. The van der Waals surface area contributed by atoms with Gasteiger partial charge < -0.3 is 4.74 Å². The normalized spacial score (nSPS) is 14.5. The van der Waals surface area contributed by atoms with Gasteiger partial charge in [0.1, 0.15) is 5.75 Å². The number of nitrogens with zero attached hydrogens (tertiary/aromatic N) is 3. The van der Waals surface area contributed by atoms with Crippen LogP contribution in [0.4, 0.5) is 17.1 Å². The van der Waals surface area contributed by atoms with Crippen LogP contribution in [0.25, 0.3) is 6.08 Å². The fourth-order valence-electron chi connectivity index (χ4n) is 3.18. The van der Waals surface area contributed by atoms with Crippen LogP contribution >= 0.6 is 24.0 Å². The predicted molar refractivity (Wildman–Crippen MR) is 133 cm³/mol. The molecule has 0 unspecified atom stereocenters. The van der Waals surface area contributed by atoms with Gasteiger partial charge in [-0.3, -0.25) is 29.9 Å². The summed E-state index contributed by atoms with van der Waals surface area (Å²) in [6.07, 6.45) is 1.66. The van der Waals surface area contributed by atoms with Crippen molar-refractivity contribution < 1.29 is 19.4 Å². The van der Waals surface area contributed by atoms with Crippen molar-refractivity contribution in [3.05, 3.63) is 103 Å². The Morgan fingerprint density at radius 2 is 1.74 bits per heavy atom. The number of hydrogen-bond donors (Lipinski definition) is 0. The highest BCUT2D eigenvalue weighted by Gasteiger charge is 2.33. The highest BCUT2D eigenvalue weighted by molar-refractivity contribution is 8.27. The number of non-ortho nitro benzene ring substituents is 1. The molecule has 11 heteroatoms. The maximum atomic E-state index is 13.0. The van der Waals surface area contributed by atoms with Crippen LogP contribution in [-0.4, -0.2) is 20.1 Å². The van der Waals surface area contributed by atoms with Gasteiger partial charge in [0.15, 0.2) is 4.32 Å². The van der Waals surface area contributed by atoms with Gasteiger partial charge >= 0.3 is 5.69 Å². The lowest BCUT2D eigenvalue weighted by Crippen LogP contribution is -2.27. The number of aryl methyl sites for hydroxylation is 1. The monoisotopic (exact) mass is 493 g/mol. The highest BCUT2D eigenvalue weighted by atomic mass is 32.2. The molecule has 0 spiro atoms. The average Bonchev–Trinajstić information content (AvgIpc) is 3.07. The third-order valence-corrected chi connectivity index (χ3v) is 6.12. The number of thiocarbonyl (C=S) groups is 1. The molecular weight excluding hydrogens is 478 g/mol. The molecule has 1 aliphatic rings. The Balaban J connectivity index is 1.59. The second-order valence-corrected chi connectivity index (χ2v) is 8.87. The van der Waals surface area contributed by atoms with Crippen LogP contribution in [0.2, 0.25) is 0 Å². The molecule has 0 aliphatic carbocycles. The Bertz CT molecular complexity index is 1370. The number of hydrogen-bond acceptors (Lipinski definition) is 8. The van der Waals surface area contributed by atoms with Crippen molar-refractivity contribution in [3.8, 4) is 11.5 Å². The quantitative estimate of drug-likeness (QED) is 0.177. The standard InChI is InChI=1S/C23H15N3O6S2/c1-14-5-7-16(8-6-14)24-22(27)21(34-23(24)33)12-15-3-2-4-18(11-15)32-20-10-9-17(25(28)29)13-19(20)26(30)31/h2-13H,1H3/b21-12-. The molecule has 0 radical (unpaired) electrons. The van der Waals surface area contributed by atoms with Gasteiger partial charge in [0.05, 0.1) is 26.5 Å². The molecule has 1 heterocycles. The first-order valence-corrected chi connectivity index (χ1v) is 11.0. The number of thioether (sulfide) groups is 1. The molecule has 1 saturated heterocycles. The van der Waals surface area contributed by atoms with Crippen LogP contribution < -0.4 is 9.64 Å². The van der Waals surface area contributed by atoms with Crippen LogP contribution in [0.5, 0.6) is 11.5 Å². The van der Waals surface area contributed by atoms with Gasteiger partial charge in [0, 0.05) is 6.07 Å². The smallest absolute Gasteiger partial charge is 0.318 e. The Morgan fingerprint density at radius 3 is 2.41 bits per heavy atom. The number of rotatable bonds is 6. The van der Waals surface area contributed by atoms with Gasteiger partial charge in [-0.15, -0.1) is 0 Å². The van der Waals surface area contributed by atoms with Crippen molar-refractivity contribution >= 4 is 57.3 Å². The summed E-state index contributed by atoms with van der Waals surface area (Å²) >= 11 is 6.57. The minimum Gasteiger partial charge on any atom is -0.450 e. The SMILES string of the molecule is Cc1ccc(N2C(=O)/C(=C/c3cccc(Oc4ccc([N+](=O)[O-])cc4[N+](=O)[O-])c3)SC2=S)cc1. The maximum Gasteiger partial charge on any atom is 0.318 e. The van der Waals surface area contributed by atoms with Crippen LogP contribution in [0.3, 0.4) is 0 Å². The summed E-state index contributed by atoms with van der Waals surface area (Å²) < 4.78 is 6.05. The summed E-state index contributed by atoms with van der Waals surface area (Å²) in [4.78, 5) is 35.7. The third kappa shape index (κ3) is 4.80. The summed E-state index contributed by atoms with van der Waals surface area (Å²) in [7, 11) is 0. The van der Waals surface area contributed by atoms with E-state index in [-0.39, 0.29) is 17.4 Å². The van der Waals surface area contributed by atoms with Crippen molar-refractivity contribution in [1.29, 1.82) is 0 Å². The average molecular weight is 494 g/mol. The van der Waals surface area contributed by atoms with Crippen LogP contribution in [0.1, 0.15) is 11.1 Å². The Kier molecular flexibility index (Phi) is 6.39. The third-order valence-electron chi connectivity index (χ3n) is 4.82. The molecular formula is C23H15N3O6S2. The maximum absolute atomic E-state index is 13.0. The molecule has 170 valence electrons. The van der Waals surface area contributed by atoms with E-state index in [2.05, 4.69) is 0 Å². The van der Waals surface area contributed by atoms with E-state index in [0.29, 0.717) is 20.5 Å². The molecule has 1 amide bonds. The summed E-state index contributed by atoms with van der Waals surface area (Å²) in [5.41, 5.74) is 1.42. The lowest BCUT2D eigenvalue weighted by molar-refractivity contribution is -0.394. The van der Waals surface area contributed by atoms with Crippen LogP contribution in [0.15, 0.2) is 71.6 Å². The van der Waals surface area contributed by atoms with Crippen molar-refractivity contribution in [2.24, 2.45) is 0 Å². The number of anilines is 1. The van der Waals surface area contributed by atoms with E-state index in [1.807, 2.05) is 31.2 Å². The van der Waals surface area contributed by atoms with Gasteiger partial charge in [0.2, 0.25) is 5.75 Å². The van der Waals surface area contributed by atoms with Crippen LogP contribution in [-0.2, 0) is 4.79 Å². The van der Waals surface area contributed by atoms with E-state index in [4.69, 9.17) is 17.0 Å². The molecule has 0 aromatic heterocycles. The van der Waals surface area contributed by atoms with E-state index < -0.39 is 21.2 Å². The number of nitro benzene ring substituents is 2. The number of carbonyl (C=O) groups is 1. The van der Waals surface area contributed by atoms with E-state index >= 15 is 0 Å². The van der Waals surface area contributed by atoms with Gasteiger partial charge in [-0.1, -0.05) is 53.8 Å². The summed E-state index contributed by atoms with van der Waals surface area (Å²) in [5.74, 6) is -0.130. The molecule has 9 nitrogen and oxygen atoms in total. The van der Waals surface area contributed by atoms with E-state index in [0.717, 1.165) is 17.7 Å². The minimum atomic E-state index is -0.747. The first kappa shape index (κ1) is 23.1. The second-order valence-electron chi connectivity index (χ2n) is 7.19. The molecule has 0 saturated carbocycles. The molecule has 3 aromatic rings. The van der Waals surface area contributed by atoms with E-state index in [1.165, 1.54) is 22.7 Å². The highest BCUT2D eigenvalue weighted by Crippen LogP contribution is 2.37. The first-order chi connectivity index (χ1) is 16.2. The number of carbonyl (C=O) groups excluding carboxylic acids is 1. The Hall–Kier alpha value is -4.09. The van der Waals surface area contributed by atoms with Gasteiger partial charge in [-0.05, 0) is 48.9 Å². The van der Waals surface area contributed by atoms with Gasteiger partial charge in [-0.25, -0.2) is 0 Å². The Morgan fingerprint density at radius 1 is 1.00 bits per heavy atom. The largest absolute Gasteiger partial charge is 0.450 e. The lowest BCUT2D eigenvalue weighted by atomic mass is 10.2. The van der Waals surface area contributed by atoms with Crippen molar-refractivity contribution in [2.75, 3.05) is 4.90 Å². The van der Waals surface area contributed by atoms with Gasteiger partial charge in [-0.2, -0.15) is 0 Å². The molecule has 1 fully saturated rings. The molecule has 1 aliphatic heterocycles. The zero-order valence-corrected chi connectivity index (χ0v) is 19.2. The molecule has 0 N–H and O–H groups in total. The molecule has 4 rings (SSSR count). The molecule has 0 atom stereocenters. The minimum absolute atomic E-state index is 0.140. The predicted octanol–water partition coefficient (Wildman–Crippen LogP) is 6.01. The van der Waals surface area contributed by atoms with Crippen LogP contribution in [0, 0.1) is 27.2 Å². The zero-order chi connectivity index (χ0) is 24.4. The summed E-state index contributed by atoms with van der Waals surface area (Å²) in [6, 6.07) is 17.2. The zero-order valence-electron chi connectivity index (χ0n) is 17.5. The molecule has 0 bridgehead atoms. The summed E-state index contributed by atoms with van der Waals surface area (Å²) in [6.45, 7) is 1.95. The molecule has 34 heavy (non-hydrogen) atoms.